The standard InChI is InChI=1S/C13H17ClO2S/c1-17-11-7-5-10(6-8-11)12(13(15)16)4-2-3-9-14/h5-8,12H,2-4,9H2,1H3,(H,15,16). The molecule has 0 saturated heterocycles. The van der Waals surface area contributed by atoms with Gasteiger partial charge in [0.15, 0.2) is 0 Å². The van der Waals surface area contributed by atoms with Crippen LogP contribution in [0, 0.1) is 0 Å². The van der Waals surface area contributed by atoms with Gasteiger partial charge in [0.05, 0.1) is 5.92 Å². The fraction of sp³-hybridized carbons (Fsp3) is 0.462. The maximum Gasteiger partial charge on any atom is 0.310 e. The highest BCUT2D eigenvalue weighted by molar-refractivity contribution is 7.98. The topological polar surface area (TPSA) is 37.3 Å². The molecule has 17 heavy (non-hydrogen) atoms. The van der Waals surface area contributed by atoms with Gasteiger partial charge < -0.3 is 5.11 Å². The molecule has 0 aliphatic heterocycles. The Kier molecular flexibility index (Phi) is 6.45. The third-order valence-corrected chi connectivity index (χ3v) is 3.70. The van der Waals surface area contributed by atoms with E-state index in [1.165, 1.54) is 0 Å². The van der Waals surface area contributed by atoms with Gasteiger partial charge >= 0.3 is 5.97 Å². The second-order valence-electron chi connectivity index (χ2n) is 3.85. The smallest absolute Gasteiger partial charge is 0.310 e. The molecular weight excluding hydrogens is 256 g/mol. The molecule has 0 aromatic heterocycles. The summed E-state index contributed by atoms with van der Waals surface area (Å²) < 4.78 is 0. The molecule has 0 heterocycles. The highest BCUT2D eigenvalue weighted by Crippen LogP contribution is 2.25. The molecule has 1 rings (SSSR count). The fourth-order valence-corrected chi connectivity index (χ4v) is 2.31. The quantitative estimate of drug-likeness (QED) is 0.463. The van der Waals surface area contributed by atoms with E-state index < -0.39 is 11.9 Å². The molecule has 0 spiro atoms. The summed E-state index contributed by atoms with van der Waals surface area (Å²) in [6, 6.07) is 7.76. The van der Waals surface area contributed by atoms with Crippen LogP contribution in [-0.4, -0.2) is 23.2 Å². The van der Waals surface area contributed by atoms with Crippen molar-refractivity contribution in [1.82, 2.24) is 0 Å². The summed E-state index contributed by atoms with van der Waals surface area (Å²) in [5.41, 5.74) is 0.880. The molecule has 1 N–H and O–H groups in total. The van der Waals surface area contributed by atoms with Crippen molar-refractivity contribution in [3.8, 4) is 0 Å². The number of rotatable bonds is 7. The number of thioether (sulfide) groups is 1. The van der Waals surface area contributed by atoms with Gasteiger partial charge in [-0.25, -0.2) is 0 Å². The zero-order chi connectivity index (χ0) is 12.7. The maximum absolute atomic E-state index is 11.2. The first-order valence-corrected chi connectivity index (χ1v) is 7.37. The molecule has 0 amide bonds. The molecule has 1 aromatic carbocycles. The second-order valence-corrected chi connectivity index (χ2v) is 5.11. The number of alkyl halides is 1. The molecule has 1 atom stereocenters. The van der Waals surface area contributed by atoms with E-state index in [0.29, 0.717) is 12.3 Å². The molecule has 0 radical (unpaired) electrons. The second kappa shape index (κ2) is 7.62. The molecule has 0 aliphatic rings. The van der Waals surface area contributed by atoms with Gasteiger partial charge in [-0.1, -0.05) is 18.6 Å². The minimum absolute atomic E-state index is 0.408. The van der Waals surface area contributed by atoms with Crippen molar-refractivity contribution in [2.75, 3.05) is 12.1 Å². The van der Waals surface area contributed by atoms with Gasteiger partial charge in [0.2, 0.25) is 0 Å². The lowest BCUT2D eigenvalue weighted by molar-refractivity contribution is -0.139. The van der Waals surface area contributed by atoms with Crippen molar-refractivity contribution in [3.63, 3.8) is 0 Å². The molecule has 94 valence electrons. The summed E-state index contributed by atoms with van der Waals surface area (Å²) in [6.07, 6.45) is 4.38. The summed E-state index contributed by atoms with van der Waals surface area (Å²) in [6.45, 7) is 0. The first-order chi connectivity index (χ1) is 8.19. The number of aliphatic carboxylic acids is 1. The Bertz CT molecular complexity index is 351. The zero-order valence-corrected chi connectivity index (χ0v) is 11.4. The Morgan fingerprint density at radius 1 is 1.35 bits per heavy atom. The van der Waals surface area contributed by atoms with Crippen LogP contribution in [0.1, 0.15) is 30.7 Å². The number of carboxylic acids is 1. The third kappa shape index (κ3) is 4.60. The number of carboxylic acid groups (broad SMARTS) is 1. The lowest BCUT2D eigenvalue weighted by Gasteiger charge is -2.12. The van der Waals surface area contributed by atoms with Crippen LogP contribution in [0.25, 0.3) is 0 Å². The molecule has 1 unspecified atom stereocenters. The van der Waals surface area contributed by atoms with E-state index in [2.05, 4.69) is 0 Å². The fourth-order valence-electron chi connectivity index (χ4n) is 1.71. The van der Waals surface area contributed by atoms with E-state index in [1.54, 1.807) is 11.8 Å². The van der Waals surface area contributed by atoms with Gasteiger partial charge in [-0.2, -0.15) is 0 Å². The van der Waals surface area contributed by atoms with Gasteiger partial charge in [0.1, 0.15) is 0 Å². The summed E-state index contributed by atoms with van der Waals surface area (Å²) in [5.74, 6) is -0.566. The van der Waals surface area contributed by atoms with E-state index in [9.17, 15) is 9.90 Å². The maximum atomic E-state index is 11.2. The summed E-state index contributed by atoms with van der Waals surface area (Å²) in [5, 5.41) is 9.21. The largest absolute Gasteiger partial charge is 0.481 e. The Hall–Kier alpha value is -0.670. The van der Waals surface area contributed by atoms with Crippen molar-refractivity contribution >= 4 is 29.3 Å². The van der Waals surface area contributed by atoms with Gasteiger partial charge in [0, 0.05) is 10.8 Å². The molecule has 0 aliphatic carbocycles. The third-order valence-electron chi connectivity index (χ3n) is 2.69. The minimum atomic E-state index is -0.753. The number of unbranched alkanes of at least 4 members (excludes halogenated alkanes) is 1. The Morgan fingerprint density at radius 3 is 2.47 bits per heavy atom. The van der Waals surface area contributed by atoms with E-state index in [1.807, 2.05) is 30.5 Å². The van der Waals surface area contributed by atoms with Crippen LogP contribution in [0.15, 0.2) is 29.2 Å². The van der Waals surface area contributed by atoms with Crippen molar-refractivity contribution in [3.05, 3.63) is 29.8 Å². The summed E-state index contributed by atoms with van der Waals surface area (Å²) >= 11 is 7.25. The summed E-state index contributed by atoms with van der Waals surface area (Å²) in [7, 11) is 0. The molecular formula is C13H17ClO2S. The monoisotopic (exact) mass is 272 g/mol. The van der Waals surface area contributed by atoms with Crippen LogP contribution in [0.4, 0.5) is 0 Å². The van der Waals surface area contributed by atoms with Crippen molar-refractivity contribution in [2.24, 2.45) is 0 Å². The number of halogens is 1. The van der Waals surface area contributed by atoms with Crippen molar-refractivity contribution < 1.29 is 9.90 Å². The van der Waals surface area contributed by atoms with Gasteiger partial charge in [0.25, 0.3) is 0 Å². The van der Waals surface area contributed by atoms with E-state index >= 15 is 0 Å². The van der Waals surface area contributed by atoms with E-state index in [4.69, 9.17) is 11.6 Å². The number of carbonyl (C=O) groups is 1. The molecule has 2 nitrogen and oxygen atoms in total. The SMILES string of the molecule is CSc1ccc(C(CCCCCl)C(=O)O)cc1. The van der Waals surface area contributed by atoms with Crippen LogP contribution >= 0.6 is 23.4 Å². The van der Waals surface area contributed by atoms with Crippen LogP contribution in [0.5, 0.6) is 0 Å². The lowest BCUT2D eigenvalue weighted by Crippen LogP contribution is -2.11. The molecule has 1 aromatic rings. The average molecular weight is 273 g/mol. The molecule has 0 bridgehead atoms. The van der Waals surface area contributed by atoms with Gasteiger partial charge in [-0.15, -0.1) is 23.4 Å². The highest BCUT2D eigenvalue weighted by Gasteiger charge is 2.18. The summed E-state index contributed by atoms with van der Waals surface area (Å²) in [4.78, 5) is 12.4. The van der Waals surface area contributed by atoms with E-state index in [0.717, 1.165) is 23.3 Å². The van der Waals surface area contributed by atoms with Crippen LogP contribution in [0.3, 0.4) is 0 Å². The zero-order valence-electron chi connectivity index (χ0n) is 9.86. The Morgan fingerprint density at radius 2 is 2.00 bits per heavy atom. The minimum Gasteiger partial charge on any atom is -0.481 e. The molecule has 0 fully saturated rings. The van der Waals surface area contributed by atoms with E-state index in [-0.39, 0.29) is 0 Å². The van der Waals surface area contributed by atoms with Crippen molar-refractivity contribution in [2.45, 2.75) is 30.1 Å². The van der Waals surface area contributed by atoms with Crippen LogP contribution in [-0.2, 0) is 4.79 Å². The Balaban J connectivity index is 2.71. The lowest BCUT2D eigenvalue weighted by atomic mass is 9.94. The molecule has 0 saturated carbocycles. The highest BCUT2D eigenvalue weighted by atomic mass is 35.5. The first kappa shape index (κ1) is 14.4. The Labute approximate surface area is 111 Å². The predicted molar refractivity (Wildman–Crippen MR) is 73.2 cm³/mol. The van der Waals surface area contributed by atoms with Gasteiger partial charge in [-0.3, -0.25) is 4.79 Å². The first-order valence-electron chi connectivity index (χ1n) is 5.61. The predicted octanol–water partition coefficient (Wildman–Crippen LogP) is 3.99. The number of benzene rings is 1. The van der Waals surface area contributed by atoms with Crippen LogP contribution in [0.2, 0.25) is 0 Å². The normalized spacial score (nSPS) is 12.4. The molecule has 4 heteroatoms. The number of hydrogen-bond acceptors (Lipinski definition) is 2. The number of hydrogen-bond donors (Lipinski definition) is 1. The van der Waals surface area contributed by atoms with Crippen LogP contribution < -0.4 is 0 Å². The average Bonchev–Trinajstić information content (AvgIpc) is 2.34. The van der Waals surface area contributed by atoms with Gasteiger partial charge in [-0.05, 0) is 36.8 Å². The van der Waals surface area contributed by atoms with Crippen molar-refractivity contribution in [1.29, 1.82) is 0 Å².